The zero-order valence-electron chi connectivity index (χ0n) is 11.3. The Hall–Kier alpha value is -0.625. The Bertz CT molecular complexity index is 368. The average molecular weight is 270 g/mol. The number of fused-ring (bicyclic) bond motifs is 1. The Kier molecular flexibility index (Phi) is 3.93. The molecule has 0 aromatic heterocycles. The zero-order valence-corrected chi connectivity index (χ0v) is 11.3. The summed E-state index contributed by atoms with van der Waals surface area (Å²) in [4.78, 5) is 11.6. The van der Waals surface area contributed by atoms with Gasteiger partial charge in [-0.05, 0) is 43.0 Å². The summed E-state index contributed by atoms with van der Waals surface area (Å²) in [6, 6.07) is 0. The third-order valence-corrected chi connectivity index (χ3v) is 5.01. The van der Waals surface area contributed by atoms with E-state index in [1.807, 2.05) is 0 Å². The molecule has 2 fully saturated rings. The van der Waals surface area contributed by atoms with Crippen molar-refractivity contribution in [2.45, 2.75) is 38.0 Å². The molecule has 1 saturated carbocycles. The summed E-state index contributed by atoms with van der Waals surface area (Å²) >= 11 is 0. The highest BCUT2D eigenvalue weighted by atomic mass is 16.4. The molecule has 1 aliphatic heterocycles. The maximum atomic E-state index is 11.6. The summed E-state index contributed by atoms with van der Waals surface area (Å²) < 4.78 is 0. The highest BCUT2D eigenvalue weighted by Gasteiger charge is 2.61. The van der Waals surface area contributed by atoms with Crippen molar-refractivity contribution in [1.29, 1.82) is 0 Å². The third-order valence-electron chi connectivity index (χ3n) is 5.01. The Balaban J connectivity index is 2.13. The molecule has 1 aliphatic carbocycles. The van der Waals surface area contributed by atoms with E-state index in [1.54, 1.807) is 0 Å². The van der Waals surface area contributed by atoms with E-state index in [-0.39, 0.29) is 23.6 Å². The molecule has 0 radical (unpaired) electrons. The van der Waals surface area contributed by atoms with Gasteiger partial charge >= 0.3 is 13.1 Å². The van der Waals surface area contributed by atoms with Crippen molar-refractivity contribution in [3.8, 4) is 0 Å². The van der Waals surface area contributed by atoms with Crippen molar-refractivity contribution in [2.24, 2.45) is 23.0 Å². The van der Waals surface area contributed by atoms with Crippen LogP contribution in [0, 0.1) is 17.3 Å². The van der Waals surface area contributed by atoms with Gasteiger partial charge in [0.25, 0.3) is 0 Å². The lowest BCUT2D eigenvalue weighted by atomic mass is 9.75. The average Bonchev–Trinajstić information content (AvgIpc) is 2.73. The van der Waals surface area contributed by atoms with Crippen LogP contribution in [-0.2, 0) is 4.79 Å². The van der Waals surface area contributed by atoms with E-state index in [0.717, 1.165) is 13.1 Å². The van der Waals surface area contributed by atoms with Crippen LogP contribution in [0.1, 0.15) is 26.2 Å². The SMILES string of the molecule is C[C@]12CNC[C@H]1C(CCCB(O)O)C(N)(C(=O)O)C2. The first-order valence-electron chi connectivity index (χ1n) is 6.89. The van der Waals surface area contributed by atoms with Gasteiger partial charge in [-0.25, -0.2) is 0 Å². The van der Waals surface area contributed by atoms with Crippen molar-refractivity contribution in [3.63, 3.8) is 0 Å². The molecular weight excluding hydrogens is 247 g/mol. The first kappa shape index (κ1) is 14.8. The Morgan fingerprint density at radius 1 is 1.53 bits per heavy atom. The van der Waals surface area contributed by atoms with Crippen molar-refractivity contribution < 1.29 is 19.9 Å². The van der Waals surface area contributed by atoms with E-state index in [0.29, 0.717) is 19.3 Å². The highest BCUT2D eigenvalue weighted by molar-refractivity contribution is 6.40. The number of carboxylic acids is 1. The number of hydrogen-bond donors (Lipinski definition) is 5. The lowest BCUT2D eigenvalue weighted by molar-refractivity contribution is -0.145. The maximum Gasteiger partial charge on any atom is 0.451 e. The van der Waals surface area contributed by atoms with E-state index in [2.05, 4.69) is 12.2 Å². The predicted molar refractivity (Wildman–Crippen MR) is 71.4 cm³/mol. The molecule has 7 heteroatoms. The van der Waals surface area contributed by atoms with Crippen LogP contribution in [0.5, 0.6) is 0 Å². The van der Waals surface area contributed by atoms with Crippen LogP contribution in [0.15, 0.2) is 0 Å². The number of nitrogens with one attached hydrogen (secondary N) is 1. The summed E-state index contributed by atoms with van der Waals surface area (Å²) in [5.74, 6) is -0.786. The lowest BCUT2D eigenvalue weighted by Crippen LogP contribution is -2.53. The predicted octanol–water partition coefficient (Wildman–Crippen LogP) is -0.733. The molecule has 4 atom stereocenters. The van der Waals surface area contributed by atoms with Crippen molar-refractivity contribution >= 4 is 13.1 Å². The molecule has 1 heterocycles. The topological polar surface area (TPSA) is 116 Å². The molecule has 2 rings (SSSR count). The van der Waals surface area contributed by atoms with Gasteiger partial charge in [0.05, 0.1) is 0 Å². The largest absolute Gasteiger partial charge is 0.480 e. The van der Waals surface area contributed by atoms with Crippen LogP contribution in [0.2, 0.25) is 6.32 Å². The first-order chi connectivity index (χ1) is 8.79. The van der Waals surface area contributed by atoms with Crippen LogP contribution < -0.4 is 11.1 Å². The summed E-state index contributed by atoms with van der Waals surface area (Å²) in [6.07, 6.45) is 1.96. The molecule has 0 bridgehead atoms. The van der Waals surface area contributed by atoms with Crippen LogP contribution in [0.25, 0.3) is 0 Å². The molecule has 0 aromatic rings. The highest BCUT2D eigenvalue weighted by Crippen LogP contribution is 2.54. The fourth-order valence-corrected chi connectivity index (χ4v) is 4.08. The van der Waals surface area contributed by atoms with Gasteiger partial charge in [0.15, 0.2) is 0 Å². The molecule has 0 aromatic carbocycles. The fourth-order valence-electron chi connectivity index (χ4n) is 4.08. The van der Waals surface area contributed by atoms with Gasteiger partial charge in [-0.2, -0.15) is 0 Å². The van der Waals surface area contributed by atoms with Gasteiger partial charge in [0.1, 0.15) is 5.54 Å². The normalized spacial score (nSPS) is 41.3. The lowest BCUT2D eigenvalue weighted by Gasteiger charge is -2.30. The second-order valence-electron chi connectivity index (χ2n) is 6.43. The Morgan fingerprint density at radius 3 is 2.79 bits per heavy atom. The van der Waals surface area contributed by atoms with Crippen LogP contribution in [-0.4, -0.2) is 46.9 Å². The van der Waals surface area contributed by atoms with E-state index in [1.165, 1.54) is 0 Å². The van der Waals surface area contributed by atoms with E-state index < -0.39 is 18.6 Å². The smallest absolute Gasteiger partial charge is 0.451 e. The minimum atomic E-state index is -1.33. The molecule has 19 heavy (non-hydrogen) atoms. The first-order valence-corrected chi connectivity index (χ1v) is 6.89. The van der Waals surface area contributed by atoms with Crippen molar-refractivity contribution in [2.75, 3.05) is 13.1 Å². The van der Waals surface area contributed by atoms with Gasteiger partial charge < -0.3 is 26.2 Å². The van der Waals surface area contributed by atoms with Gasteiger partial charge in [0, 0.05) is 6.54 Å². The Labute approximate surface area is 113 Å². The van der Waals surface area contributed by atoms with Crippen molar-refractivity contribution in [3.05, 3.63) is 0 Å². The molecule has 6 N–H and O–H groups in total. The van der Waals surface area contributed by atoms with Crippen LogP contribution >= 0.6 is 0 Å². The van der Waals surface area contributed by atoms with E-state index in [9.17, 15) is 9.90 Å². The molecule has 0 amide bonds. The van der Waals surface area contributed by atoms with E-state index in [4.69, 9.17) is 15.8 Å². The maximum absolute atomic E-state index is 11.6. The summed E-state index contributed by atoms with van der Waals surface area (Å²) in [5.41, 5.74) is 4.95. The molecule has 0 spiro atoms. The fraction of sp³-hybridized carbons (Fsp3) is 0.917. The molecule has 108 valence electrons. The number of rotatable bonds is 5. The number of carboxylic acid groups (broad SMARTS) is 1. The Morgan fingerprint density at radius 2 is 2.21 bits per heavy atom. The third kappa shape index (κ3) is 2.52. The van der Waals surface area contributed by atoms with Crippen LogP contribution in [0.3, 0.4) is 0 Å². The van der Waals surface area contributed by atoms with Gasteiger partial charge in [-0.1, -0.05) is 13.3 Å². The number of aliphatic carboxylic acids is 1. The number of nitrogens with two attached hydrogens (primary N) is 1. The quantitative estimate of drug-likeness (QED) is 0.420. The number of carbonyl (C=O) groups is 1. The van der Waals surface area contributed by atoms with Crippen molar-refractivity contribution in [1.82, 2.24) is 5.32 Å². The molecule has 1 saturated heterocycles. The zero-order chi connectivity index (χ0) is 14.3. The molecule has 2 aliphatic rings. The van der Waals surface area contributed by atoms with Crippen LogP contribution in [0.4, 0.5) is 0 Å². The summed E-state index contributed by atoms with van der Waals surface area (Å²) in [5, 5.41) is 30.6. The summed E-state index contributed by atoms with van der Waals surface area (Å²) in [6.45, 7) is 3.71. The molecule has 6 nitrogen and oxygen atoms in total. The minimum absolute atomic E-state index is 0.0599. The summed E-state index contributed by atoms with van der Waals surface area (Å²) in [7, 11) is -1.33. The van der Waals surface area contributed by atoms with Gasteiger partial charge in [-0.3, -0.25) is 4.79 Å². The van der Waals surface area contributed by atoms with Gasteiger partial charge in [-0.15, -0.1) is 0 Å². The minimum Gasteiger partial charge on any atom is -0.480 e. The van der Waals surface area contributed by atoms with Gasteiger partial charge in [0.2, 0.25) is 0 Å². The molecule has 2 unspecified atom stereocenters. The second kappa shape index (κ2) is 5.05. The van der Waals surface area contributed by atoms with E-state index >= 15 is 0 Å². The monoisotopic (exact) mass is 270 g/mol. The second-order valence-corrected chi connectivity index (χ2v) is 6.43. The number of hydrogen-bond acceptors (Lipinski definition) is 5. The molecular formula is C12H23BN2O4. The standard InChI is InChI=1S/C12H23BN2O4/c1-11-6-12(14,10(16)17)8(3-2-4-13(18)19)9(11)5-15-7-11/h8-9,15,18-19H,2-7,14H2,1H3,(H,16,17)/t8?,9-,11-,12?/m0/s1.